The molecule has 2 aliphatic heterocycles. The third-order valence-electron chi connectivity index (χ3n) is 7.44. The van der Waals surface area contributed by atoms with Gasteiger partial charge in [-0.3, -0.25) is 9.48 Å². The molecule has 176 valence electrons. The van der Waals surface area contributed by atoms with E-state index in [0.29, 0.717) is 6.04 Å². The van der Waals surface area contributed by atoms with Gasteiger partial charge in [0.15, 0.2) is 0 Å². The summed E-state index contributed by atoms with van der Waals surface area (Å²) in [5.74, 6) is 2.09. The summed E-state index contributed by atoms with van der Waals surface area (Å²) >= 11 is 0. The highest BCUT2D eigenvalue weighted by atomic mass is 16.5. The Morgan fingerprint density at radius 2 is 1.79 bits per heavy atom. The van der Waals surface area contributed by atoms with Crippen LogP contribution in [-0.2, 0) is 11.2 Å². The van der Waals surface area contributed by atoms with Gasteiger partial charge in [-0.25, -0.2) is 0 Å². The van der Waals surface area contributed by atoms with Gasteiger partial charge in [-0.1, -0.05) is 18.2 Å². The largest absolute Gasteiger partial charge is 0.456 e. The second-order valence-electron chi connectivity index (χ2n) is 9.89. The van der Waals surface area contributed by atoms with Gasteiger partial charge in [0, 0.05) is 29.3 Å². The van der Waals surface area contributed by atoms with Gasteiger partial charge in [-0.15, -0.1) is 0 Å². The van der Waals surface area contributed by atoms with Gasteiger partial charge in [-0.2, -0.15) is 5.10 Å². The summed E-state index contributed by atoms with van der Waals surface area (Å²) in [5.41, 5.74) is 4.03. The zero-order chi connectivity index (χ0) is 23.1. The second-order valence-corrected chi connectivity index (χ2v) is 9.89. The number of rotatable bonds is 5. The van der Waals surface area contributed by atoms with Crippen LogP contribution in [0.3, 0.4) is 0 Å². The van der Waals surface area contributed by atoms with Crippen molar-refractivity contribution >= 4 is 11.6 Å². The van der Waals surface area contributed by atoms with Gasteiger partial charge in [0.2, 0.25) is 5.91 Å². The predicted molar refractivity (Wildman–Crippen MR) is 133 cm³/mol. The van der Waals surface area contributed by atoms with Crippen LogP contribution in [0.5, 0.6) is 11.5 Å². The maximum atomic E-state index is 13.2. The second kappa shape index (κ2) is 8.91. The fraction of sp³-hybridized carbons (Fsp3) is 0.429. The van der Waals surface area contributed by atoms with Gasteiger partial charge < -0.3 is 15.0 Å². The van der Waals surface area contributed by atoms with E-state index in [1.807, 2.05) is 35.2 Å². The van der Waals surface area contributed by atoms with Crippen molar-refractivity contribution in [3.8, 4) is 22.8 Å². The first-order chi connectivity index (χ1) is 16.7. The molecule has 1 amide bonds. The minimum atomic E-state index is 0.187. The number of para-hydroxylation sites is 1. The van der Waals surface area contributed by atoms with Crippen LogP contribution in [0.1, 0.15) is 50.6 Å². The van der Waals surface area contributed by atoms with Crippen molar-refractivity contribution in [2.24, 2.45) is 5.92 Å². The van der Waals surface area contributed by atoms with Crippen molar-refractivity contribution in [3.05, 3.63) is 60.3 Å². The molecule has 2 fully saturated rings. The van der Waals surface area contributed by atoms with Crippen LogP contribution in [0.15, 0.2) is 54.7 Å². The summed E-state index contributed by atoms with van der Waals surface area (Å²) in [6.45, 7) is 4.23. The molecule has 0 spiro atoms. The Labute approximate surface area is 200 Å². The fourth-order valence-corrected chi connectivity index (χ4v) is 5.35. The molecule has 3 aromatic rings. The molecular weight excluding hydrogens is 424 g/mol. The monoisotopic (exact) mass is 456 g/mol. The first-order valence-electron chi connectivity index (χ1n) is 12.7. The molecule has 6 heteroatoms. The van der Waals surface area contributed by atoms with Crippen LogP contribution in [-0.4, -0.2) is 34.8 Å². The standard InChI is InChI=1S/C28H32N4O2/c1-19-7-10-24-26(32(19)28(33)20-8-9-20)12-11-23(27(24)34-22-5-3-2-4-6-22)25-15-18-31(30-25)21-13-16-29-17-14-21/h2-6,11-12,15,18-21,29H,7-10,13-14,16-17H2,1H3/t19-/m0/s1. The number of fused-ring (bicyclic) bond motifs is 1. The van der Waals surface area contributed by atoms with Gasteiger partial charge in [0.1, 0.15) is 11.5 Å². The van der Waals surface area contributed by atoms with Crippen LogP contribution in [0.4, 0.5) is 5.69 Å². The molecular formula is C28H32N4O2. The SMILES string of the molecule is C[C@H]1CCc2c(ccc(-c3ccn(C4CCNCC4)n3)c2Oc2ccccc2)N1C(=O)C1CC1. The molecule has 1 saturated carbocycles. The van der Waals surface area contributed by atoms with E-state index < -0.39 is 0 Å². The van der Waals surface area contributed by atoms with Gasteiger partial charge in [0.05, 0.1) is 17.4 Å². The summed E-state index contributed by atoms with van der Waals surface area (Å²) in [7, 11) is 0. The van der Waals surface area contributed by atoms with E-state index in [1.54, 1.807) is 0 Å². The molecule has 3 aliphatic rings. The maximum Gasteiger partial charge on any atom is 0.230 e. The van der Waals surface area contributed by atoms with Gasteiger partial charge >= 0.3 is 0 Å². The number of benzene rings is 2. The number of hydrogen-bond acceptors (Lipinski definition) is 4. The van der Waals surface area contributed by atoms with Crippen LogP contribution >= 0.6 is 0 Å². The van der Waals surface area contributed by atoms with E-state index in [1.165, 1.54) is 0 Å². The number of anilines is 1. The first-order valence-corrected chi connectivity index (χ1v) is 12.7. The van der Waals surface area contributed by atoms with E-state index in [0.717, 1.165) is 85.6 Å². The molecule has 0 radical (unpaired) electrons. The number of carbonyl (C=O) groups excluding carboxylic acids is 1. The number of hydrogen-bond donors (Lipinski definition) is 1. The number of carbonyl (C=O) groups is 1. The van der Waals surface area contributed by atoms with Crippen LogP contribution in [0.25, 0.3) is 11.3 Å². The number of amides is 1. The van der Waals surface area contributed by atoms with Crippen molar-refractivity contribution in [1.82, 2.24) is 15.1 Å². The van der Waals surface area contributed by atoms with Gasteiger partial charge in [-0.05, 0) is 88.9 Å². The summed E-state index contributed by atoms with van der Waals surface area (Å²) in [6.07, 6.45) is 8.12. The zero-order valence-electron chi connectivity index (χ0n) is 19.7. The van der Waals surface area contributed by atoms with E-state index >= 15 is 0 Å². The van der Waals surface area contributed by atoms with Crippen molar-refractivity contribution in [2.45, 2.75) is 57.5 Å². The molecule has 3 heterocycles. The lowest BCUT2D eigenvalue weighted by molar-refractivity contribution is -0.120. The molecule has 6 nitrogen and oxygen atoms in total. The van der Waals surface area contributed by atoms with Crippen LogP contribution < -0.4 is 15.0 Å². The van der Waals surface area contributed by atoms with E-state index in [9.17, 15) is 4.79 Å². The lowest BCUT2D eigenvalue weighted by Crippen LogP contribution is -2.43. The third kappa shape index (κ3) is 4.00. The van der Waals surface area contributed by atoms with Crippen LogP contribution in [0, 0.1) is 5.92 Å². The molecule has 34 heavy (non-hydrogen) atoms. The normalized spacial score (nSPS) is 20.7. The fourth-order valence-electron chi connectivity index (χ4n) is 5.35. The molecule has 1 saturated heterocycles. The molecule has 0 bridgehead atoms. The Balaban J connectivity index is 1.43. The summed E-state index contributed by atoms with van der Waals surface area (Å²) in [5, 5.41) is 8.42. The zero-order valence-corrected chi connectivity index (χ0v) is 19.7. The van der Waals surface area contributed by atoms with Gasteiger partial charge in [0.25, 0.3) is 0 Å². The van der Waals surface area contributed by atoms with Crippen molar-refractivity contribution in [1.29, 1.82) is 0 Å². The Bertz CT molecular complexity index is 1180. The highest BCUT2D eigenvalue weighted by Gasteiger charge is 2.39. The Morgan fingerprint density at radius 1 is 1.00 bits per heavy atom. The molecule has 6 rings (SSSR count). The Morgan fingerprint density at radius 3 is 2.56 bits per heavy atom. The van der Waals surface area contributed by atoms with E-state index in [4.69, 9.17) is 9.84 Å². The average Bonchev–Trinajstić information content (AvgIpc) is 3.61. The van der Waals surface area contributed by atoms with E-state index in [-0.39, 0.29) is 17.9 Å². The number of piperidine rings is 1. The molecule has 2 aromatic carbocycles. The predicted octanol–water partition coefficient (Wildman–Crippen LogP) is 5.34. The third-order valence-corrected chi connectivity index (χ3v) is 7.44. The topological polar surface area (TPSA) is 59.4 Å². The van der Waals surface area contributed by atoms with Crippen LogP contribution in [0.2, 0.25) is 0 Å². The van der Waals surface area contributed by atoms with Crippen molar-refractivity contribution in [3.63, 3.8) is 0 Å². The molecule has 1 aromatic heterocycles. The number of nitrogens with zero attached hydrogens (tertiary/aromatic N) is 3. The number of aromatic nitrogens is 2. The average molecular weight is 457 g/mol. The summed E-state index contributed by atoms with van der Waals surface area (Å²) in [4.78, 5) is 15.2. The minimum absolute atomic E-state index is 0.187. The highest BCUT2D eigenvalue weighted by molar-refractivity contribution is 5.99. The number of nitrogens with one attached hydrogen (secondary N) is 1. The van der Waals surface area contributed by atoms with Crippen molar-refractivity contribution < 1.29 is 9.53 Å². The lowest BCUT2D eigenvalue weighted by atomic mass is 9.92. The molecule has 1 atom stereocenters. The molecule has 1 aliphatic carbocycles. The quantitative estimate of drug-likeness (QED) is 0.563. The first kappa shape index (κ1) is 21.4. The minimum Gasteiger partial charge on any atom is -0.456 e. The summed E-state index contributed by atoms with van der Waals surface area (Å²) in [6, 6.07) is 16.9. The summed E-state index contributed by atoms with van der Waals surface area (Å²) < 4.78 is 8.68. The Kier molecular flexibility index (Phi) is 5.61. The smallest absolute Gasteiger partial charge is 0.230 e. The number of ether oxygens (including phenoxy) is 1. The van der Waals surface area contributed by atoms with Crippen molar-refractivity contribution in [2.75, 3.05) is 18.0 Å². The highest BCUT2D eigenvalue weighted by Crippen LogP contribution is 2.46. The Hall–Kier alpha value is -3.12. The molecule has 1 N–H and O–H groups in total. The maximum absolute atomic E-state index is 13.2. The van der Waals surface area contributed by atoms with E-state index in [2.05, 4.69) is 41.3 Å². The molecule has 0 unspecified atom stereocenters. The lowest BCUT2D eigenvalue weighted by Gasteiger charge is -2.36.